The Morgan fingerprint density at radius 3 is 2.93 bits per heavy atom. The molecule has 27 heavy (non-hydrogen) atoms. The van der Waals surface area contributed by atoms with E-state index in [1.807, 2.05) is 9.80 Å². The zero-order chi connectivity index (χ0) is 19.1. The van der Waals surface area contributed by atoms with Gasteiger partial charge in [0.1, 0.15) is 0 Å². The molecule has 3 saturated heterocycles. The summed E-state index contributed by atoms with van der Waals surface area (Å²) in [6.07, 6.45) is 4.56. The van der Waals surface area contributed by atoms with Gasteiger partial charge in [0.05, 0.1) is 12.2 Å². The van der Waals surface area contributed by atoms with Gasteiger partial charge in [0.2, 0.25) is 17.8 Å². The van der Waals surface area contributed by atoms with E-state index in [-0.39, 0.29) is 35.6 Å². The Morgan fingerprint density at radius 2 is 2.19 bits per heavy atom. The number of piperidine rings is 3. The van der Waals surface area contributed by atoms with Crippen molar-refractivity contribution in [1.82, 2.24) is 20.2 Å². The summed E-state index contributed by atoms with van der Waals surface area (Å²) in [4.78, 5) is 36.4. The minimum atomic E-state index is -0.622. The predicted molar refractivity (Wildman–Crippen MR) is 97.2 cm³/mol. The van der Waals surface area contributed by atoms with Crippen molar-refractivity contribution in [1.29, 1.82) is 0 Å². The Labute approximate surface area is 157 Å². The van der Waals surface area contributed by atoms with Crippen molar-refractivity contribution in [3.8, 4) is 0 Å². The molecule has 4 atom stereocenters. The summed E-state index contributed by atoms with van der Waals surface area (Å²) in [6.45, 7) is 3.32. The topological polar surface area (TPSA) is 104 Å². The third-order valence-corrected chi connectivity index (χ3v) is 6.10. The van der Waals surface area contributed by atoms with Crippen LogP contribution < -0.4 is 16.0 Å². The lowest BCUT2D eigenvalue weighted by atomic mass is 9.72. The van der Waals surface area contributed by atoms with E-state index in [2.05, 4.69) is 15.3 Å². The molecule has 0 aliphatic carbocycles. The molecule has 8 nitrogen and oxygen atoms in total. The maximum Gasteiger partial charge on any atom is 0.227 e. The number of rotatable bonds is 3. The average Bonchev–Trinajstić information content (AvgIpc) is 2.64. The zero-order valence-corrected chi connectivity index (χ0v) is 15.4. The van der Waals surface area contributed by atoms with Crippen molar-refractivity contribution in [2.24, 2.45) is 11.8 Å². The Bertz CT molecular complexity index is 759. The van der Waals surface area contributed by atoms with E-state index in [0.717, 1.165) is 32.0 Å². The summed E-state index contributed by atoms with van der Waals surface area (Å²) in [5, 5.41) is 2.89. The van der Waals surface area contributed by atoms with E-state index in [1.165, 1.54) is 6.92 Å². The minimum absolute atomic E-state index is 0.0384. The minimum Gasteiger partial charge on any atom is -0.381 e. The van der Waals surface area contributed by atoms with Crippen molar-refractivity contribution in [2.75, 3.05) is 30.3 Å². The first kappa shape index (κ1) is 17.9. The molecule has 0 radical (unpaired) electrons. The Balaban J connectivity index is 1.62. The van der Waals surface area contributed by atoms with Gasteiger partial charge in [0, 0.05) is 39.0 Å². The van der Waals surface area contributed by atoms with Crippen LogP contribution in [0.3, 0.4) is 0 Å². The number of carbonyl (C=O) groups is 2. The summed E-state index contributed by atoms with van der Waals surface area (Å²) >= 11 is 0. The molecule has 4 rings (SSSR count). The van der Waals surface area contributed by atoms with Gasteiger partial charge in [0.25, 0.3) is 0 Å². The molecule has 1 aromatic heterocycles. The third kappa shape index (κ3) is 3.30. The van der Waals surface area contributed by atoms with Gasteiger partial charge in [0.15, 0.2) is 11.6 Å². The number of hydrogen-bond donors (Lipinski definition) is 2. The number of nitrogens with two attached hydrogens (primary N) is 1. The third-order valence-electron chi connectivity index (χ3n) is 6.10. The number of nitrogens with zero attached hydrogens (tertiary/aromatic N) is 4. The number of anilines is 2. The molecule has 3 N–H and O–H groups in total. The first-order valence-electron chi connectivity index (χ1n) is 9.52. The van der Waals surface area contributed by atoms with Crippen molar-refractivity contribution >= 4 is 23.6 Å². The average molecular weight is 376 g/mol. The van der Waals surface area contributed by atoms with Crippen molar-refractivity contribution in [3.05, 3.63) is 12.0 Å². The fraction of sp³-hybridized carbons (Fsp3) is 0.667. The molecule has 2 amide bonds. The predicted octanol–water partition coefficient (Wildman–Crippen LogP) is 0.540. The van der Waals surface area contributed by atoms with Crippen LogP contribution >= 0.6 is 0 Å². The van der Waals surface area contributed by atoms with Crippen LogP contribution in [-0.2, 0) is 9.59 Å². The SMILES string of the molecule is CC(=O)NC[C@H]1[C@H]2C[C@H](CN(c3ncc(F)c(N)n3)C2)[C@@H]2CCCC(=O)N21. The van der Waals surface area contributed by atoms with Gasteiger partial charge in [-0.2, -0.15) is 4.98 Å². The van der Waals surface area contributed by atoms with Gasteiger partial charge in [-0.3, -0.25) is 9.59 Å². The van der Waals surface area contributed by atoms with Gasteiger partial charge >= 0.3 is 0 Å². The van der Waals surface area contributed by atoms with Crippen LogP contribution in [0.2, 0.25) is 0 Å². The van der Waals surface area contributed by atoms with Crippen LogP contribution in [0.1, 0.15) is 32.6 Å². The highest BCUT2D eigenvalue weighted by atomic mass is 19.1. The molecule has 146 valence electrons. The lowest BCUT2D eigenvalue weighted by molar-refractivity contribution is -0.149. The summed E-state index contributed by atoms with van der Waals surface area (Å²) in [5.41, 5.74) is 5.62. The molecule has 3 fully saturated rings. The first-order chi connectivity index (χ1) is 12.9. The summed E-state index contributed by atoms with van der Waals surface area (Å²) in [6, 6.07) is 0.130. The number of aromatic nitrogens is 2. The number of hydrogen-bond acceptors (Lipinski definition) is 6. The van der Waals surface area contributed by atoms with E-state index in [4.69, 9.17) is 5.73 Å². The second-order valence-electron chi connectivity index (χ2n) is 7.83. The van der Waals surface area contributed by atoms with Gasteiger partial charge in [-0.1, -0.05) is 0 Å². The van der Waals surface area contributed by atoms with E-state index < -0.39 is 5.82 Å². The standard InChI is InChI=1S/C18H25FN6O2/c1-10(26)21-7-15-12-5-11(14-3-2-4-16(27)25(14)15)8-24(9-12)18-22-6-13(19)17(20)23-18/h6,11-12,14-15H,2-5,7-9H2,1H3,(H,21,26)(H2,20,22,23)/t11-,12+,14+,15+/m1/s1. The molecule has 2 bridgehead atoms. The fourth-order valence-corrected chi connectivity index (χ4v) is 4.97. The summed E-state index contributed by atoms with van der Waals surface area (Å²) < 4.78 is 13.4. The van der Waals surface area contributed by atoms with Gasteiger partial charge in [-0.05, 0) is 31.1 Å². The number of fused-ring (bicyclic) bond motifs is 4. The van der Waals surface area contributed by atoms with Gasteiger partial charge in [-0.25, -0.2) is 9.37 Å². The van der Waals surface area contributed by atoms with Crippen molar-refractivity contribution in [2.45, 2.75) is 44.7 Å². The second kappa shape index (κ2) is 6.94. The van der Waals surface area contributed by atoms with Gasteiger partial charge in [-0.15, -0.1) is 0 Å². The maximum absolute atomic E-state index is 13.4. The van der Waals surface area contributed by atoms with E-state index in [9.17, 15) is 14.0 Å². The van der Waals surface area contributed by atoms with E-state index in [0.29, 0.717) is 31.4 Å². The molecule has 0 aromatic carbocycles. The molecule has 4 heterocycles. The number of nitrogen functional groups attached to an aromatic ring is 1. The Kier molecular flexibility index (Phi) is 4.61. The largest absolute Gasteiger partial charge is 0.381 e. The van der Waals surface area contributed by atoms with Crippen LogP contribution in [0, 0.1) is 17.7 Å². The highest BCUT2D eigenvalue weighted by Gasteiger charge is 2.49. The van der Waals surface area contributed by atoms with E-state index >= 15 is 0 Å². The summed E-state index contributed by atoms with van der Waals surface area (Å²) in [7, 11) is 0. The lowest BCUT2D eigenvalue weighted by Gasteiger charge is -2.56. The van der Waals surface area contributed by atoms with Gasteiger partial charge < -0.3 is 20.9 Å². The Morgan fingerprint density at radius 1 is 1.41 bits per heavy atom. The number of carbonyl (C=O) groups excluding carboxylic acids is 2. The molecule has 0 spiro atoms. The van der Waals surface area contributed by atoms with Crippen LogP contribution in [0.4, 0.5) is 16.2 Å². The second-order valence-corrected chi connectivity index (χ2v) is 7.83. The van der Waals surface area contributed by atoms with Crippen LogP contribution in [0.5, 0.6) is 0 Å². The Hall–Kier alpha value is -2.45. The first-order valence-corrected chi connectivity index (χ1v) is 9.52. The molecule has 0 unspecified atom stereocenters. The number of nitrogens with one attached hydrogen (secondary N) is 1. The van der Waals surface area contributed by atoms with Crippen LogP contribution in [0.25, 0.3) is 0 Å². The van der Waals surface area contributed by atoms with Crippen LogP contribution in [0.15, 0.2) is 6.20 Å². The molecule has 3 aliphatic heterocycles. The van der Waals surface area contributed by atoms with Crippen LogP contribution in [-0.4, -0.2) is 58.4 Å². The number of amides is 2. The normalized spacial score (nSPS) is 30.1. The molecule has 9 heteroatoms. The van der Waals surface area contributed by atoms with E-state index in [1.54, 1.807) is 0 Å². The zero-order valence-electron chi connectivity index (χ0n) is 15.4. The smallest absolute Gasteiger partial charge is 0.227 e. The monoisotopic (exact) mass is 376 g/mol. The highest BCUT2D eigenvalue weighted by molar-refractivity contribution is 5.78. The van der Waals surface area contributed by atoms with Crippen molar-refractivity contribution < 1.29 is 14.0 Å². The molecule has 3 aliphatic rings. The molecular formula is C18H25FN6O2. The van der Waals surface area contributed by atoms with Crippen molar-refractivity contribution in [3.63, 3.8) is 0 Å². The fourth-order valence-electron chi connectivity index (χ4n) is 4.97. The maximum atomic E-state index is 13.4. The summed E-state index contributed by atoms with van der Waals surface area (Å²) in [5.74, 6) is 0.258. The number of halogens is 1. The molecule has 1 aromatic rings. The highest BCUT2D eigenvalue weighted by Crippen LogP contribution is 2.42. The lowest BCUT2D eigenvalue weighted by Crippen LogP contribution is -2.67. The molecular weight excluding hydrogens is 351 g/mol. The quantitative estimate of drug-likeness (QED) is 0.798. The molecule has 0 saturated carbocycles.